The van der Waals surface area contributed by atoms with Crippen molar-refractivity contribution in [2.45, 2.75) is 25.4 Å². The van der Waals surface area contributed by atoms with Gasteiger partial charge in [0.05, 0.1) is 6.54 Å². The Balaban J connectivity index is 1.48. The molecule has 4 rings (SSSR count). The van der Waals surface area contributed by atoms with Crippen LogP contribution in [-0.4, -0.2) is 13.6 Å². The summed E-state index contributed by atoms with van der Waals surface area (Å²) in [4.78, 5) is 2.36. The van der Waals surface area contributed by atoms with Crippen LogP contribution in [0.4, 0.5) is 5.69 Å². The third kappa shape index (κ3) is 3.47. The summed E-state index contributed by atoms with van der Waals surface area (Å²) in [5.74, 6) is 1.91. The van der Waals surface area contributed by atoms with Crippen LogP contribution in [-0.2, 0) is 6.54 Å². The van der Waals surface area contributed by atoms with Crippen LogP contribution in [0.25, 0.3) is 11.3 Å². The third-order valence-corrected chi connectivity index (χ3v) is 4.95. The van der Waals surface area contributed by atoms with Crippen molar-refractivity contribution in [1.29, 1.82) is 0 Å². The number of benzene rings is 2. The molecule has 1 aliphatic rings. The Kier molecular flexibility index (Phi) is 4.57. The molecule has 0 aliphatic carbocycles. The second-order valence-corrected chi connectivity index (χ2v) is 6.69. The first kappa shape index (κ1) is 16.0. The van der Waals surface area contributed by atoms with E-state index in [9.17, 15) is 0 Å². The van der Waals surface area contributed by atoms with Crippen LogP contribution >= 0.6 is 0 Å². The Morgan fingerprint density at radius 3 is 2.68 bits per heavy atom. The first-order valence-corrected chi connectivity index (χ1v) is 8.99. The Bertz CT molecular complexity index is 825. The Hall–Kier alpha value is -2.52. The molecule has 2 aromatic carbocycles. The first-order valence-electron chi connectivity index (χ1n) is 8.99. The number of hydrogen-bond donors (Lipinski definition) is 1. The van der Waals surface area contributed by atoms with Crippen molar-refractivity contribution in [1.82, 2.24) is 5.32 Å². The van der Waals surface area contributed by atoms with Gasteiger partial charge in [0.15, 0.2) is 0 Å². The molecule has 1 N–H and O–H groups in total. The van der Waals surface area contributed by atoms with Gasteiger partial charge in [-0.05, 0) is 36.6 Å². The van der Waals surface area contributed by atoms with Crippen LogP contribution in [0, 0.1) is 0 Å². The molecule has 0 fully saturated rings. The summed E-state index contributed by atoms with van der Waals surface area (Å²) >= 11 is 0. The first-order chi connectivity index (χ1) is 12.3. The molecule has 128 valence electrons. The second kappa shape index (κ2) is 7.16. The van der Waals surface area contributed by atoms with Gasteiger partial charge in [0, 0.05) is 30.9 Å². The molecule has 0 saturated carbocycles. The van der Waals surface area contributed by atoms with E-state index < -0.39 is 0 Å². The molecule has 0 amide bonds. The fourth-order valence-corrected chi connectivity index (χ4v) is 3.60. The van der Waals surface area contributed by atoms with E-state index in [2.05, 4.69) is 65.8 Å². The summed E-state index contributed by atoms with van der Waals surface area (Å²) in [5, 5.41) is 3.70. The molecule has 3 aromatic rings. The lowest BCUT2D eigenvalue weighted by Gasteiger charge is -2.22. The van der Waals surface area contributed by atoms with E-state index in [1.54, 1.807) is 0 Å². The number of fused-ring (bicyclic) bond motifs is 1. The van der Waals surface area contributed by atoms with Gasteiger partial charge in [-0.3, -0.25) is 0 Å². The highest BCUT2D eigenvalue weighted by molar-refractivity contribution is 5.57. The van der Waals surface area contributed by atoms with Crippen molar-refractivity contribution in [3.05, 3.63) is 78.1 Å². The van der Waals surface area contributed by atoms with Crippen LogP contribution in [0.5, 0.6) is 0 Å². The summed E-state index contributed by atoms with van der Waals surface area (Å²) < 4.78 is 6.03. The van der Waals surface area contributed by atoms with Crippen LogP contribution in [0.3, 0.4) is 0 Å². The van der Waals surface area contributed by atoms with Crippen LogP contribution in [0.2, 0.25) is 0 Å². The molecule has 3 heteroatoms. The summed E-state index contributed by atoms with van der Waals surface area (Å²) in [6, 6.07) is 23.5. The highest BCUT2D eigenvalue weighted by atomic mass is 16.3. The van der Waals surface area contributed by atoms with Crippen molar-refractivity contribution >= 4 is 5.69 Å². The molecule has 0 saturated heterocycles. The predicted molar refractivity (Wildman–Crippen MR) is 103 cm³/mol. The van der Waals surface area contributed by atoms with Gasteiger partial charge < -0.3 is 14.6 Å². The number of para-hydroxylation sites is 1. The third-order valence-electron chi connectivity index (χ3n) is 4.95. The normalized spacial score (nSPS) is 17.2. The highest BCUT2D eigenvalue weighted by Gasteiger charge is 2.20. The topological polar surface area (TPSA) is 28.4 Å². The number of nitrogens with zero attached hydrogens (tertiary/aromatic N) is 1. The van der Waals surface area contributed by atoms with Gasteiger partial charge in [0.2, 0.25) is 0 Å². The minimum absolute atomic E-state index is 0.367. The van der Waals surface area contributed by atoms with Crippen LogP contribution in [0.1, 0.15) is 30.2 Å². The minimum atomic E-state index is 0.367. The van der Waals surface area contributed by atoms with E-state index in [0.29, 0.717) is 6.04 Å². The van der Waals surface area contributed by atoms with Crippen LogP contribution in [0.15, 0.2) is 71.1 Å². The van der Waals surface area contributed by atoms with Gasteiger partial charge in [0.25, 0.3) is 0 Å². The molecule has 2 heterocycles. The second-order valence-electron chi connectivity index (χ2n) is 6.69. The summed E-state index contributed by atoms with van der Waals surface area (Å²) in [5.41, 5.74) is 3.84. The van der Waals surface area contributed by atoms with E-state index in [4.69, 9.17) is 4.42 Å². The number of anilines is 1. The molecule has 1 aliphatic heterocycles. The Morgan fingerprint density at radius 2 is 1.80 bits per heavy atom. The lowest BCUT2D eigenvalue weighted by Crippen LogP contribution is -2.21. The molecule has 1 atom stereocenters. The number of nitrogens with one attached hydrogen (secondary N) is 1. The van der Waals surface area contributed by atoms with E-state index >= 15 is 0 Å². The SMILES string of the molecule is CN1CCCC(NCc2ccc(-c3ccccc3)o2)c2ccccc21. The van der Waals surface area contributed by atoms with Gasteiger partial charge >= 0.3 is 0 Å². The zero-order chi connectivity index (χ0) is 17.1. The Labute approximate surface area is 149 Å². The highest BCUT2D eigenvalue weighted by Crippen LogP contribution is 2.32. The molecule has 1 unspecified atom stereocenters. The largest absolute Gasteiger partial charge is 0.460 e. The Morgan fingerprint density at radius 1 is 1.00 bits per heavy atom. The minimum Gasteiger partial charge on any atom is -0.460 e. The predicted octanol–water partition coefficient (Wildman–Crippen LogP) is 5.01. The van der Waals surface area contributed by atoms with Crippen molar-refractivity contribution in [2.24, 2.45) is 0 Å². The van der Waals surface area contributed by atoms with Gasteiger partial charge in [0.1, 0.15) is 11.5 Å². The fraction of sp³-hybridized carbons (Fsp3) is 0.273. The average molecular weight is 332 g/mol. The maximum absolute atomic E-state index is 6.03. The molecule has 1 aromatic heterocycles. The van der Waals surface area contributed by atoms with E-state index in [1.807, 2.05) is 18.2 Å². The van der Waals surface area contributed by atoms with Gasteiger partial charge in [-0.2, -0.15) is 0 Å². The zero-order valence-electron chi connectivity index (χ0n) is 14.6. The molecule has 25 heavy (non-hydrogen) atoms. The summed E-state index contributed by atoms with van der Waals surface area (Å²) in [7, 11) is 2.18. The number of rotatable bonds is 4. The smallest absolute Gasteiger partial charge is 0.134 e. The molecule has 3 nitrogen and oxygen atoms in total. The van der Waals surface area contributed by atoms with Crippen molar-refractivity contribution in [2.75, 3.05) is 18.5 Å². The summed E-state index contributed by atoms with van der Waals surface area (Å²) in [6.45, 7) is 1.85. The van der Waals surface area contributed by atoms with E-state index in [-0.39, 0.29) is 0 Å². The standard InChI is InChI=1S/C22H24N2O/c1-24-15-7-11-20(19-10-5-6-12-21(19)24)23-16-18-13-14-22(25-18)17-8-3-2-4-9-17/h2-6,8-10,12-14,20,23H,7,11,15-16H2,1H3. The van der Waals surface area contributed by atoms with Gasteiger partial charge in [-0.15, -0.1) is 0 Å². The zero-order valence-corrected chi connectivity index (χ0v) is 14.6. The van der Waals surface area contributed by atoms with Crippen molar-refractivity contribution in [3.8, 4) is 11.3 Å². The molecule has 0 bridgehead atoms. The lowest BCUT2D eigenvalue weighted by molar-refractivity contribution is 0.440. The van der Waals surface area contributed by atoms with Crippen molar-refractivity contribution < 1.29 is 4.42 Å². The van der Waals surface area contributed by atoms with Crippen LogP contribution < -0.4 is 10.2 Å². The van der Waals surface area contributed by atoms with E-state index in [0.717, 1.165) is 36.6 Å². The average Bonchev–Trinajstić information content (AvgIpc) is 3.08. The fourth-order valence-electron chi connectivity index (χ4n) is 3.60. The molecule has 0 spiro atoms. The monoisotopic (exact) mass is 332 g/mol. The number of furan rings is 1. The molecular weight excluding hydrogens is 308 g/mol. The maximum Gasteiger partial charge on any atom is 0.134 e. The number of hydrogen-bond acceptors (Lipinski definition) is 3. The van der Waals surface area contributed by atoms with Gasteiger partial charge in [-0.1, -0.05) is 48.5 Å². The maximum atomic E-state index is 6.03. The molecule has 0 radical (unpaired) electrons. The van der Waals surface area contributed by atoms with E-state index in [1.165, 1.54) is 17.7 Å². The van der Waals surface area contributed by atoms with Crippen molar-refractivity contribution in [3.63, 3.8) is 0 Å². The summed E-state index contributed by atoms with van der Waals surface area (Å²) in [6.07, 6.45) is 2.34. The lowest BCUT2D eigenvalue weighted by atomic mass is 10.0. The van der Waals surface area contributed by atoms with Gasteiger partial charge in [-0.25, -0.2) is 0 Å². The molecular formula is C22H24N2O. The quantitative estimate of drug-likeness (QED) is 0.728.